The second kappa shape index (κ2) is 7.72. The van der Waals surface area contributed by atoms with Crippen LogP contribution >= 0.6 is 0 Å². The number of benzene rings is 4. The lowest BCUT2D eigenvalue weighted by Gasteiger charge is -2.26. The number of hydrogen-bond donors (Lipinski definition) is 0. The molecule has 0 radical (unpaired) electrons. The quantitative estimate of drug-likeness (QED) is 0.245. The van der Waals surface area contributed by atoms with E-state index in [2.05, 4.69) is 142 Å². The maximum Gasteiger partial charge on any atom is 0.0159 e. The first-order valence-corrected chi connectivity index (χ1v) is 14.2. The van der Waals surface area contributed by atoms with Gasteiger partial charge in [0.25, 0.3) is 0 Å². The number of hydrogen-bond acceptors (Lipinski definition) is 0. The van der Waals surface area contributed by atoms with Gasteiger partial charge >= 0.3 is 0 Å². The average molecular weight is 499 g/mol. The van der Waals surface area contributed by atoms with E-state index in [0.717, 1.165) is 0 Å². The lowest BCUT2D eigenvalue weighted by atomic mass is 9.78. The van der Waals surface area contributed by atoms with Gasteiger partial charge in [-0.25, -0.2) is 0 Å². The van der Waals surface area contributed by atoms with Crippen LogP contribution in [-0.2, 0) is 21.7 Å². The molecule has 0 nitrogen and oxygen atoms in total. The molecule has 0 atom stereocenters. The Labute approximate surface area is 230 Å². The van der Waals surface area contributed by atoms with Crippen LogP contribution in [-0.4, -0.2) is 0 Å². The molecule has 0 spiro atoms. The summed E-state index contributed by atoms with van der Waals surface area (Å²) in [6.45, 7) is 23.4. The standard InChI is InChI=1S/C38H42/c1-35(2,3)25-13-17-29-27-15-11-23(19-31(27)37(7,8)33(29)21-25)24-12-16-28-30-18-14-26(36(4,5)6)22-34(30)38(9,10)32(28)20-24/h11-22H,1-10H3. The number of rotatable bonds is 1. The predicted molar refractivity (Wildman–Crippen MR) is 164 cm³/mol. The van der Waals surface area contributed by atoms with E-state index in [-0.39, 0.29) is 21.7 Å². The lowest BCUT2D eigenvalue weighted by Crippen LogP contribution is -2.18. The van der Waals surface area contributed by atoms with Crippen molar-refractivity contribution in [3.05, 3.63) is 106 Å². The fraction of sp³-hybridized carbons (Fsp3) is 0.368. The molecule has 0 heteroatoms. The van der Waals surface area contributed by atoms with E-state index in [0.29, 0.717) is 0 Å². The summed E-state index contributed by atoms with van der Waals surface area (Å²) in [5.74, 6) is 0. The van der Waals surface area contributed by atoms with Crippen LogP contribution in [0, 0.1) is 0 Å². The minimum absolute atomic E-state index is 0.0163. The molecule has 0 heterocycles. The van der Waals surface area contributed by atoms with Gasteiger partial charge < -0.3 is 0 Å². The maximum absolute atomic E-state index is 2.46. The fourth-order valence-electron chi connectivity index (χ4n) is 6.77. The molecular weight excluding hydrogens is 456 g/mol. The summed E-state index contributed by atoms with van der Waals surface area (Å²) in [6.07, 6.45) is 0. The summed E-state index contributed by atoms with van der Waals surface area (Å²) < 4.78 is 0. The van der Waals surface area contributed by atoms with Gasteiger partial charge in [0, 0.05) is 10.8 Å². The largest absolute Gasteiger partial charge is 0.0579 e. The highest BCUT2D eigenvalue weighted by molar-refractivity contribution is 5.86. The lowest BCUT2D eigenvalue weighted by molar-refractivity contribution is 0.584. The first-order valence-electron chi connectivity index (χ1n) is 14.2. The van der Waals surface area contributed by atoms with Gasteiger partial charge in [0.2, 0.25) is 0 Å². The van der Waals surface area contributed by atoms with Crippen LogP contribution in [0.2, 0.25) is 0 Å². The van der Waals surface area contributed by atoms with Gasteiger partial charge in [0.15, 0.2) is 0 Å². The van der Waals surface area contributed by atoms with Crippen molar-refractivity contribution < 1.29 is 0 Å². The molecule has 0 amide bonds. The third kappa shape index (κ3) is 3.56. The van der Waals surface area contributed by atoms with Crippen LogP contribution in [0.1, 0.15) is 103 Å². The van der Waals surface area contributed by atoms with Crippen molar-refractivity contribution in [3.8, 4) is 33.4 Å². The summed E-state index contributed by atoms with van der Waals surface area (Å²) >= 11 is 0. The van der Waals surface area contributed by atoms with Gasteiger partial charge in [-0.1, -0.05) is 130 Å². The minimum atomic E-state index is -0.0163. The van der Waals surface area contributed by atoms with Crippen molar-refractivity contribution in [3.63, 3.8) is 0 Å². The minimum Gasteiger partial charge on any atom is -0.0579 e. The van der Waals surface area contributed by atoms with E-state index in [9.17, 15) is 0 Å². The van der Waals surface area contributed by atoms with Gasteiger partial charge in [-0.3, -0.25) is 0 Å². The molecule has 0 saturated heterocycles. The summed E-state index contributed by atoms with van der Waals surface area (Å²) in [6, 6.07) is 28.6. The smallest absolute Gasteiger partial charge is 0.0159 e. The molecule has 0 unspecified atom stereocenters. The van der Waals surface area contributed by atoms with Crippen molar-refractivity contribution in [2.75, 3.05) is 0 Å². The van der Waals surface area contributed by atoms with E-state index >= 15 is 0 Å². The van der Waals surface area contributed by atoms with Crippen LogP contribution in [0.25, 0.3) is 33.4 Å². The molecule has 0 saturated carbocycles. The highest BCUT2D eigenvalue weighted by Crippen LogP contribution is 2.53. The Morgan fingerprint density at radius 1 is 0.395 bits per heavy atom. The number of fused-ring (bicyclic) bond motifs is 6. The third-order valence-electron chi connectivity index (χ3n) is 9.42. The van der Waals surface area contributed by atoms with Crippen molar-refractivity contribution in [1.82, 2.24) is 0 Å². The molecule has 4 aromatic carbocycles. The molecule has 6 rings (SSSR count). The average Bonchev–Trinajstić information content (AvgIpc) is 3.21. The molecule has 0 fully saturated rings. The van der Waals surface area contributed by atoms with Crippen molar-refractivity contribution in [2.45, 2.75) is 90.9 Å². The van der Waals surface area contributed by atoms with Crippen LogP contribution in [0.4, 0.5) is 0 Å². The van der Waals surface area contributed by atoms with Gasteiger partial charge in [0.1, 0.15) is 0 Å². The van der Waals surface area contributed by atoms with Crippen molar-refractivity contribution in [1.29, 1.82) is 0 Å². The Morgan fingerprint density at radius 3 is 1.00 bits per heavy atom. The third-order valence-corrected chi connectivity index (χ3v) is 9.42. The van der Waals surface area contributed by atoms with Crippen molar-refractivity contribution in [2.24, 2.45) is 0 Å². The first-order chi connectivity index (χ1) is 17.6. The van der Waals surface area contributed by atoms with Crippen LogP contribution in [0.3, 0.4) is 0 Å². The van der Waals surface area contributed by atoms with E-state index in [1.165, 1.54) is 66.8 Å². The van der Waals surface area contributed by atoms with E-state index in [1.54, 1.807) is 0 Å². The van der Waals surface area contributed by atoms with Gasteiger partial charge in [-0.05, 0) is 89.7 Å². The van der Waals surface area contributed by atoms with Crippen LogP contribution in [0.15, 0.2) is 72.8 Å². The highest BCUT2D eigenvalue weighted by atomic mass is 14.4. The Bertz CT molecular complexity index is 1490. The zero-order valence-corrected chi connectivity index (χ0v) is 24.9. The van der Waals surface area contributed by atoms with Crippen LogP contribution in [0.5, 0.6) is 0 Å². The molecule has 194 valence electrons. The first kappa shape index (κ1) is 25.2. The van der Waals surface area contributed by atoms with Gasteiger partial charge in [-0.2, -0.15) is 0 Å². The van der Waals surface area contributed by atoms with E-state index < -0.39 is 0 Å². The van der Waals surface area contributed by atoms with Crippen LogP contribution < -0.4 is 0 Å². The van der Waals surface area contributed by atoms with Gasteiger partial charge in [0.05, 0.1) is 0 Å². The Balaban J connectivity index is 1.43. The predicted octanol–water partition coefficient (Wildman–Crippen LogP) is 10.6. The molecule has 0 bridgehead atoms. The van der Waals surface area contributed by atoms with Gasteiger partial charge in [-0.15, -0.1) is 0 Å². The molecule has 2 aliphatic rings. The van der Waals surface area contributed by atoms with E-state index in [1.807, 2.05) is 0 Å². The molecule has 38 heavy (non-hydrogen) atoms. The zero-order chi connectivity index (χ0) is 27.4. The van der Waals surface area contributed by atoms with E-state index in [4.69, 9.17) is 0 Å². The topological polar surface area (TPSA) is 0 Å². The monoisotopic (exact) mass is 498 g/mol. The normalized spacial score (nSPS) is 16.6. The molecule has 2 aliphatic carbocycles. The van der Waals surface area contributed by atoms with Crippen molar-refractivity contribution >= 4 is 0 Å². The second-order valence-electron chi connectivity index (χ2n) is 14.8. The molecule has 4 aromatic rings. The Hall–Kier alpha value is -3.12. The SMILES string of the molecule is CC(C)(C)c1ccc2c(c1)C(C)(C)c1cc(-c3ccc4c(c3)C(C)(C)c3cc(C(C)(C)C)ccc3-4)ccc1-2. The summed E-state index contributed by atoms with van der Waals surface area (Å²) in [5, 5.41) is 0. The molecule has 0 aliphatic heterocycles. The second-order valence-corrected chi connectivity index (χ2v) is 14.8. The maximum atomic E-state index is 2.46. The Kier molecular flexibility index (Phi) is 5.11. The molecule has 0 aromatic heterocycles. The molecule has 0 N–H and O–H groups in total. The Morgan fingerprint density at radius 2 is 0.684 bits per heavy atom. The zero-order valence-electron chi connectivity index (χ0n) is 24.9. The highest BCUT2D eigenvalue weighted by Gasteiger charge is 2.38. The molecular formula is C38H42. The summed E-state index contributed by atoms with van der Waals surface area (Å²) in [4.78, 5) is 0. The fourth-order valence-corrected chi connectivity index (χ4v) is 6.77. The summed E-state index contributed by atoms with van der Waals surface area (Å²) in [5.41, 5.74) is 17.1. The summed E-state index contributed by atoms with van der Waals surface area (Å²) in [7, 11) is 0.